The molecule has 29 heavy (non-hydrogen) atoms. The molecule has 0 N–H and O–H groups in total. The minimum Gasteiger partial charge on any atom is -0.545 e. The third-order valence-electron chi connectivity index (χ3n) is 4.90. The second-order valence-electron chi connectivity index (χ2n) is 6.69. The molecule has 0 unspecified atom stereocenters. The largest absolute Gasteiger partial charge is 0.545 e. The van der Waals surface area contributed by atoms with Gasteiger partial charge in [0.1, 0.15) is 11.5 Å². The fourth-order valence-corrected chi connectivity index (χ4v) is 3.73. The van der Waals surface area contributed by atoms with Gasteiger partial charge in [0.05, 0.1) is 11.5 Å². The monoisotopic (exact) mass is 398 g/mol. The van der Waals surface area contributed by atoms with E-state index in [4.69, 9.17) is 16.0 Å². The Labute approximate surface area is 171 Å². The summed E-state index contributed by atoms with van der Waals surface area (Å²) in [5.41, 5.74) is 1.91. The molecule has 2 aromatic heterocycles. The number of carboxylic acids is 1. The summed E-state index contributed by atoms with van der Waals surface area (Å²) in [5.74, 6) is -0.126. The number of aromatic nitrogens is 1. The summed E-state index contributed by atoms with van der Waals surface area (Å²) in [4.78, 5) is 16.2. The van der Waals surface area contributed by atoms with Crippen LogP contribution in [0.15, 0.2) is 83.3 Å². The van der Waals surface area contributed by atoms with E-state index in [1.165, 1.54) is 6.07 Å². The average Bonchev–Trinajstić information content (AvgIpc) is 3.22. The van der Waals surface area contributed by atoms with Crippen molar-refractivity contribution in [3.05, 3.63) is 89.4 Å². The summed E-state index contributed by atoms with van der Waals surface area (Å²) in [6, 6.07) is 24.1. The van der Waals surface area contributed by atoms with Crippen LogP contribution in [0.2, 0.25) is 5.02 Å². The van der Waals surface area contributed by atoms with Crippen LogP contribution in [0.4, 0.5) is 0 Å². The van der Waals surface area contributed by atoms with Gasteiger partial charge in [0.15, 0.2) is 5.76 Å². The Hall–Kier alpha value is -3.63. The third-order valence-corrected chi connectivity index (χ3v) is 5.14. The lowest BCUT2D eigenvalue weighted by Crippen LogP contribution is -2.22. The Morgan fingerprint density at radius 3 is 2.52 bits per heavy atom. The van der Waals surface area contributed by atoms with Gasteiger partial charge in [-0.3, -0.25) is 0 Å². The van der Waals surface area contributed by atoms with E-state index < -0.39 is 5.97 Å². The van der Waals surface area contributed by atoms with E-state index in [1.807, 2.05) is 48.5 Å². The van der Waals surface area contributed by atoms with Gasteiger partial charge in [-0.25, -0.2) is 4.98 Å². The van der Waals surface area contributed by atoms with E-state index in [-0.39, 0.29) is 5.56 Å². The molecule has 140 valence electrons. The molecule has 5 aromatic rings. The first-order valence-electron chi connectivity index (χ1n) is 9.00. The van der Waals surface area contributed by atoms with Crippen LogP contribution in [-0.4, -0.2) is 11.0 Å². The number of rotatable bonds is 3. The van der Waals surface area contributed by atoms with Crippen LogP contribution in [0, 0.1) is 0 Å². The first kappa shape index (κ1) is 17.5. The van der Waals surface area contributed by atoms with Crippen LogP contribution >= 0.6 is 11.6 Å². The summed E-state index contributed by atoms with van der Waals surface area (Å²) >= 11 is 6.01. The van der Waals surface area contributed by atoms with Gasteiger partial charge in [-0.15, -0.1) is 0 Å². The SMILES string of the molecule is O=C([O-])c1cc(-c2ccc(-c3cccc4ccccc34)o2)nc2ccc(Cl)cc12. The maximum Gasteiger partial charge on any atom is 0.153 e. The standard InChI is InChI=1S/C24H14ClNO3/c25-15-8-9-20-18(12-15)19(24(27)28)13-21(26-20)23-11-10-22(29-23)17-7-3-5-14-4-1-2-6-16(14)17/h1-13H,(H,27,28)/p-1. The molecule has 0 atom stereocenters. The highest BCUT2D eigenvalue weighted by molar-refractivity contribution is 6.31. The second-order valence-corrected chi connectivity index (χ2v) is 7.13. The predicted molar refractivity (Wildman–Crippen MR) is 112 cm³/mol. The van der Waals surface area contributed by atoms with Gasteiger partial charge in [0.2, 0.25) is 0 Å². The predicted octanol–water partition coefficient (Wildman–Crippen LogP) is 5.33. The second kappa shape index (κ2) is 6.76. The number of hydrogen-bond donors (Lipinski definition) is 0. The van der Waals surface area contributed by atoms with Crippen molar-refractivity contribution in [2.75, 3.05) is 0 Å². The fourth-order valence-electron chi connectivity index (χ4n) is 3.55. The zero-order chi connectivity index (χ0) is 20.0. The van der Waals surface area contributed by atoms with Crippen molar-refractivity contribution < 1.29 is 14.3 Å². The molecule has 2 heterocycles. The van der Waals surface area contributed by atoms with Gasteiger partial charge < -0.3 is 14.3 Å². The molecule has 0 aliphatic heterocycles. The number of carboxylic acid groups (broad SMARTS) is 1. The minimum atomic E-state index is -1.29. The Bertz CT molecular complexity index is 1400. The molecule has 0 aliphatic rings. The number of nitrogens with zero attached hydrogens (tertiary/aromatic N) is 1. The topological polar surface area (TPSA) is 66.2 Å². The van der Waals surface area contributed by atoms with Crippen LogP contribution in [0.5, 0.6) is 0 Å². The van der Waals surface area contributed by atoms with Gasteiger partial charge >= 0.3 is 0 Å². The quantitative estimate of drug-likeness (QED) is 0.412. The van der Waals surface area contributed by atoms with Crippen molar-refractivity contribution >= 4 is 39.2 Å². The maximum atomic E-state index is 11.7. The van der Waals surface area contributed by atoms with Crippen molar-refractivity contribution in [1.82, 2.24) is 4.98 Å². The highest BCUT2D eigenvalue weighted by atomic mass is 35.5. The molecule has 0 fully saturated rings. The lowest BCUT2D eigenvalue weighted by molar-refractivity contribution is -0.254. The molecule has 0 saturated heterocycles. The van der Waals surface area contributed by atoms with Crippen molar-refractivity contribution in [3.63, 3.8) is 0 Å². The number of carbonyl (C=O) groups excluding carboxylic acids is 1. The highest BCUT2D eigenvalue weighted by Gasteiger charge is 2.14. The molecular formula is C24H13ClNO3-. The zero-order valence-electron chi connectivity index (χ0n) is 15.1. The maximum absolute atomic E-state index is 11.7. The third kappa shape index (κ3) is 3.04. The van der Waals surface area contributed by atoms with Gasteiger partial charge in [-0.05, 0) is 47.2 Å². The number of pyridine rings is 1. The summed E-state index contributed by atoms with van der Waals surface area (Å²) in [6.07, 6.45) is 0. The molecule has 0 saturated carbocycles. The smallest absolute Gasteiger partial charge is 0.153 e. The summed E-state index contributed by atoms with van der Waals surface area (Å²) in [6.45, 7) is 0. The van der Waals surface area contributed by atoms with Gasteiger partial charge in [-0.2, -0.15) is 0 Å². The van der Waals surface area contributed by atoms with Crippen molar-refractivity contribution in [2.45, 2.75) is 0 Å². The fraction of sp³-hybridized carbons (Fsp3) is 0. The lowest BCUT2D eigenvalue weighted by Gasteiger charge is -2.10. The van der Waals surface area contributed by atoms with Crippen LogP contribution in [0.25, 0.3) is 44.5 Å². The molecule has 4 nitrogen and oxygen atoms in total. The summed E-state index contributed by atoms with van der Waals surface area (Å²) < 4.78 is 6.07. The number of aromatic carboxylic acids is 1. The number of fused-ring (bicyclic) bond motifs is 2. The molecule has 5 rings (SSSR count). The number of carbonyl (C=O) groups is 1. The minimum absolute atomic E-state index is 0.0237. The van der Waals surface area contributed by atoms with Crippen molar-refractivity contribution in [2.24, 2.45) is 0 Å². The first-order chi connectivity index (χ1) is 14.1. The lowest BCUT2D eigenvalue weighted by atomic mass is 10.0. The molecule has 0 radical (unpaired) electrons. The highest BCUT2D eigenvalue weighted by Crippen LogP contribution is 2.34. The van der Waals surface area contributed by atoms with Gasteiger partial charge in [0, 0.05) is 21.5 Å². The summed E-state index contributed by atoms with van der Waals surface area (Å²) in [5, 5.41) is 14.7. The number of benzene rings is 3. The van der Waals surface area contributed by atoms with Crippen molar-refractivity contribution in [1.29, 1.82) is 0 Å². The molecule has 3 aromatic carbocycles. The van der Waals surface area contributed by atoms with Crippen LogP contribution < -0.4 is 5.11 Å². The Morgan fingerprint density at radius 1 is 0.862 bits per heavy atom. The Morgan fingerprint density at radius 2 is 1.66 bits per heavy atom. The first-order valence-corrected chi connectivity index (χ1v) is 9.38. The molecule has 0 amide bonds. The van der Waals surface area contributed by atoms with E-state index in [1.54, 1.807) is 24.3 Å². The van der Waals surface area contributed by atoms with E-state index in [2.05, 4.69) is 4.98 Å². The zero-order valence-corrected chi connectivity index (χ0v) is 15.8. The number of furan rings is 1. The molecule has 0 bridgehead atoms. The van der Waals surface area contributed by atoms with Crippen LogP contribution in [0.3, 0.4) is 0 Å². The van der Waals surface area contributed by atoms with Crippen LogP contribution in [0.1, 0.15) is 10.4 Å². The molecular weight excluding hydrogens is 386 g/mol. The average molecular weight is 399 g/mol. The van der Waals surface area contributed by atoms with Crippen molar-refractivity contribution in [3.8, 4) is 22.8 Å². The number of halogens is 1. The van der Waals surface area contributed by atoms with E-state index >= 15 is 0 Å². The van der Waals surface area contributed by atoms with Crippen LogP contribution in [-0.2, 0) is 0 Å². The van der Waals surface area contributed by atoms with Gasteiger partial charge in [-0.1, -0.05) is 54.1 Å². The summed E-state index contributed by atoms with van der Waals surface area (Å²) in [7, 11) is 0. The normalized spacial score (nSPS) is 11.2. The van der Waals surface area contributed by atoms with E-state index in [0.29, 0.717) is 33.1 Å². The van der Waals surface area contributed by atoms with E-state index in [9.17, 15) is 9.90 Å². The van der Waals surface area contributed by atoms with Gasteiger partial charge in [0.25, 0.3) is 0 Å². The number of hydrogen-bond acceptors (Lipinski definition) is 4. The molecule has 5 heteroatoms. The Kier molecular flexibility index (Phi) is 4.07. The Balaban J connectivity index is 1.66. The molecule has 0 aliphatic carbocycles. The van der Waals surface area contributed by atoms with E-state index in [0.717, 1.165) is 16.3 Å². The molecule has 0 spiro atoms.